The third-order valence-corrected chi connectivity index (χ3v) is 2.26. The Morgan fingerprint density at radius 1 is 1.50 bits per heavy atom. The van der Waals surface area contributed by atoms with Crippen LogP contribution in [0.3, 0.4) is 0 Å². The van der Waals surface area contributed by atoms with Crippen molar-refractivity contribution in [2.75, 3.05) is 4.34 Å². The molecule has 0 amide bonds. The molecule has 1 aromatic carbocycles. The van der Waals surface area contributed by atoms with Crippen LogP contribution >= 0.6 is 16.1 Å². The first-order chi connectivity index (χ1) is 5.81. The van der Waals surface area contributed by atoms with Gasteiger partial charge in [-0.15, -0.1) is 0 Å². The van der Waals surface area contributed by atoms with Gasteiger partial charge in [-0.05, 0) is 12.1 Å². The number of halogens is 1. The van der Waals surface area contributed by atoms with E-state index in [0.29, 0.717) is 12.2 Å². The summed E-state index contributed by atoms with van der Waals surface area (Å²) in [6.07, 6.45) is 0. The zero-order valence-electron chi connectivity index (χ0n) is 6.13. The molecule has 12 heavy (non-hydrogen) atoms. The molecule has 0 saturated carbocycles. The third-order valence-electron chi connectivity index (χ3n) is 1.80. The van der Waals surface area contributed by atoms with Crippen molar-refractivity contribution in [3.63, 3.8) is 0 Å². The van der Waals surface area contributed by atoms with Crippen LogP contribution in [0.1, 0.15) is 15.9 Å². The van der Waals surface area contributed by atoms with Crippen LogP contribution in [0.15, 0.2) is 18.2 Å². The fourth-order valence-electron chi connectivity index (χ4n) is 1.17. The number of carbonyl (C=O) groups excluding carboxylic acids is 1. The maximum atomic E-state index is 11.1. The Morgan fingerprint density at radius 2 is 2.33 bits per heavy atom. The molecule has 4 heteroatoms. The van der Waals surface area contributed by atoms with Crippen LogP contribution in [-0.2, 0) is 11.3 Å². The number of nitrogens with one attached hydrogen (secondary N) is 1. The second-order valence-electron chi connectivity index (χ2n) is 2.54. The van der Waals surface area contributed by atoms with Crippen molar-refractivity contribution in [2.24, 2.45) is 0 Å². The summed E-state index contributed by atoms with van der Waals surface area (Å²) >= 11 is 3.08. The smallest absolute Gasteiger partial charge is 0.338 e. The quantitative estimate of drug-likeness (QED) is 0.590. The highest BCUT2D eigenvalue weighted by Gasteiger charge is 2.20. The molecule has 0 aliphatic carbocycles. The second kappa shape index (κ2) is 2.79. The summed E-state index contributed by atoms with van der Waals surface area (Å²) in [5.74, 6) is -0.241. The summed E-state index contributed by atoms with van der Waals surface area (Å²) < 4.78 is 7.62. The molecule has 0 spiro atoms. The summed E-state index contributed by atoms with van der Waals surface area (Å²) in [6, 6.07) is 5.53. The Morgan fingerprint density at radius 3 is 3.08 bits per heavy atom. The highest BCUT2D eigenvalue weighted by atomic mass is 79.9. The lowest BCUT2D eigenvalue weighted by Gasteiger charge is -1.98. The van der Waals surface area contributed by atoms with Gasteiger partial charge in [0.15, 0.2) is 0 Å². The minimum atomic E-state index is -0.241. The van der Waals surface area contributed by atoms with Crippen molar-refractivity contribution in [1.82, 2.24) is 0 Å². The zero-order chi connectivity index (χ0) is 8.55. The van der Waals surface area contributed by atoms with Crippen LogP contribution in [0.2, 0.25) is 0 Å². The van der Waals surface area contributed by atoms with E-state index in [1.165, 1.54) is 0 Å². The van der Waals surface area contributed by atoms with E-state index in [1.54, 1.807) is 6.07 Å². The van der Waals surface area contributed by atoms with Crippen LogP contribution in [0, 0.1) is 0 Å². The summed E-state index contributed by atoms with van der Waals surface area (Å²) in [7, 11) is 0. The molecule has 0 atom stereocenters. The molecule has 1 aliphatic rings. The van der Waals surface area contributed by atoms with E-state index in [-0.39, 0.29) is 5.97 Å². The van der Waals surface area contributed by atoms with Crippen molar-refractivity contribution in [3.8, 4) is 0 Å². The molecule has 1 aromatic rings. The summed E-state index contributed by atoms with van der Waals surface area (Å²) in [6.45, 7) is 0.400. The van der Waals surface area contributed by atoms with Gasteiger partial charge in [-0.3, -0.25) is 0 Å². The van der Waals surface area contributed by atoms with Gasteiger partial charge in [-0.2, -0.15) is 0 Å². The Bertz CT molecular complexity index is 338. The molecule has 0 bridgehead atoms. The zero-order valence-corrected chi connectivity index (χ0v) is 7.72. The molecular formula is C8H6BrNO2. The normalized spacial score (nSPS) is 13.9. The monoisotopic (exact) mass is 227 g/mol. The average Bonchev–Trinajstić information content (AvgIpc) is 2.47. The first kappa shape index (κ1) is 7.61. The van der Waals surface area contributed by atoms with Gasteiger partial charge in [0.1, 0.15) is 6.61 Å². The highest BCUT2D eigenvalue weighted by Crippen LogP contribution is 2.23. The van der Waals surface area contributed by atoms with Crippen LogP contribution in [0.4, 0.5) is 5.69 Å². The van der Waals surface area contributed by atoms with E-state index in [0.717, 1.165) is 11.3 Å². The van der Waals surface area contributed by atoms with Crippen molar-refractivity contribution in [2.45, 2.75) is 6.61 Å². The number of hydrogen-bond donors (Lipinski definition) is 1. The number of ether oxygens (including phenoxy) is 1. The summed E-state index contributed by atoms with van der Waals surface area (Å²) in [4.78, 5) is 11.1. The van der Waals surface area contributed by atoms with E-state index in [9.17, 15) is 4.79 Å². The minimum absolute atomic E-state index is 0.241. The first-order valence-corrected chi connectivity index (χ1v) is 4.27. The maximum Gasteiger partial charge on any atom is 0.338 e. The van der Waals surface area contributed by atoms with Gasteiger partial charge in [0.2, 0.25) is 0 Å². The molecule has 3 nitrogen and oxygen atoms in total. The number of benzene rings is 1. The van der Waals surface area contributed by atoms with Crippen LogP contribution in [0.5, 0.6) is 0 Å². The van der Waals surface area contributed by atoms with Crippen molar-refractivity contribution < 1.29 is 9.53 Å². The summed E-state index contributed by atoms with van der Waals surface area (Å²) in [5, 5.41) is 0. The Labute approximate surface area is 78.1 Å². The lowest BCUT2D eigenvalue weighted by atomic mass is 10.1. The second-order valence-corrected chi connectivity index (χ2v) is 2.94. The number of hydrogen-bond acceptors (Lipinski definition) is 3. The predicted molar refractivity (Wildman–Crippen MR) is 48.1 cm³/mol. The van der Waals surface area contributed by atoms with Gasteiger partial charge in [-0.1, -0.05) is 6.07 Å². The molecular weight excluding hydrogens is 222 g/mol. The predicted octanol–water partition coefficient (Wildman–Crippen LogP) is 2.08. The van der Waals surface area contributed by atoms with Crippen molar-refractivity contribution >= 4 is 27.8 Å². The standard InChI is InChI=1S/C8H6BrNO2/c9-10-6-2-1-5-4-12-8(11)7(5)3-6/h1-3,10H,4H2. The molecule has 0 fully saturated rings. The van der Waals surface area contributed by atoms with Gasteiger partial charge in [0.25, 0.3) is 0 Å². The van der Waals surface area contributed by atoms with Crippen molar-refractivity contribution in [1.29, 1.82) is 0 Å². The molecule has 1 N–H and O–H groups in total. The van der Waals surface area contributed by atoms with Crippen LogP contribution < -0.4 is 4.34 Å². The van der Waals surface area contributed by atoms with Crippen LogP contribution in [-0.4, -0.2) is 5.97 Å². The van der Waals surface area contributed by atoms with E-state index in [1.807, 2.05) is 12.1 Å². The number of cyclic esters (lactones) is 1. The van der Waals surface area contributed by atoms with Gasteiger partial charge in [0, 0.05) is 27.4 Å². The van der Waals surface area contributed by atoms with Gasteiger partial charge < -0.3 is 9.08 Å². The topological polar surface area (TPSA) is 38.3 Å². The molecule has 0 saturated heterocycles. The van der Waals surface area contributed by atoms with Crippen molar-refractivity contribution in [3.05, 3.63) is 29.3 Å². The average molecular weight is 228 g/mol. The maximum absolute atomic E-state index is 11.1. The van der Waals surface area contributed by atoms with Gasteiger partial charge in [-0.25, -0.2) is 4.79 Å². The Kier molecular flexibility index (Phi) is 1.77. The molecule has 0 radical (unpaired) electrons. The highest BCUT2D eigenvalue weighted by molar-refractivity contribution is 9.10. The Hall–Kier alpha value is -1.03. The molecule has 0 unspecified atom stereocenters. The lowest BCUT2D eigenvalue weighted by molar-refractivity contribution is 0.0535. The number of fused-ring (bicyclic) bond motifs is 1. The first-order valence-electron chi connectivity index (χ1n) is 3.48. The van der Waals surface area contributed by atoms with Gasteiger partial charge >= 0.3 is 5.97 Å². The summed E-state index contributed by atoms with van der Waals surface area (Å²) in [5.41, 5.74) is 2.46. The van der Waals surface area contributed by atoms with Gasteiger partial charge in [0.05, 0.1) is 5.56 Å². The molecule has 2 rings (SSSR count). The Balaban J connectivity index is 2.50. The minimum Gasteiger partial charge on any atom is -0.457 e. The lowest BCUT2D eigenvalue weighted by Crippen LogP contribution is -1.93. The third kappa shape index (κ3) is 1.08. The van der Waals surface area contributed by atoms with E-state index >= 15 is 0 Å². The molecule has 62 valence electrons. The number of anilines is 1. The number of carbonyl (C=O) groups is 1. The fourth-order valence-corrected chi connectivity index (χ4v) is 1.42. The van der Waals surface area contributed by atoms with E-state index < -0.39 is 0 Å². The van der Waals surface area contributed by atoms with Crippen LogP contribution in [0.25, 0.3) is 0 Å². The number of rotatable bonds is 1. The van der Waals surface area contributed by atoms with E-state index in [4.69, 9.17) is 4.74 Å². The van der Waals surface area contributed by atoms with E-state index in [2.05, 4.69) is 20.5 Å². The molecule has 0 aromatic heterocycles. The largest absolute Gasteiger partial charge is 0.457 e. The molecule has 1 aliphatic heterocycles. The number of esters is 1. The molecule has 1 heterocycles. The SMILES string of the molecule is O=C1OCc2ccc(NBr)cc21. The fraction of sp³-hybridized carbons (Fsp3) is 0.125.